The molecule has 1 heterocycles. The quantitative estimate of drug-likeness (QED) is 0.768. The van der Waals surface area contributed by atoms with E-state index in [2.05, 4.69) is 29.0 Å². The van der Waals surface area contributed by atoms with Crippen LogP contribution in [-0.2, 0) is 13.1 Å². The van der Waals surface area contributed by atoms with Gasteiger partial charge in [0.05, 0.1) is 0 Å². The molecule has 2 N–H and O–H groups in total. The van der Waals surface area contributed by atoms with E-state index in [-0.39, 0.29) is 0 Å². The van der Waals surface area contributed by atoms with Gasteiger partial charge in [0.1, 0.15) is 25.4 Å². The molecule has 0 aliphatic rings. The Hall–Kier alpha value is -2.13. The highest BCUT2D eigenvalue weighted by molar-refractivity contribution is 5.32. The van der Waals surface area contributed by atoms with Gasteiger partial charge in [0.25, 0.3) is 0 Å². The zero-order valence-corrected chi connectivity index (χ0v) is 11.0. The van der Waals surface area contributed by atoms with Crippen molar-refractivity contribution in [2.45, 2.75) is 13.1 Å². The van der Waals surface area contributed by atoms with Crippen LogP contribution in [0.25, 0.3) is 0 Å². The first-order valence-corrected chi connectivity index (χ1v) is 6.42. The summed E-state index contributed by atoms with van der Waals surface area (Å²) in [5.41, 5.74) is 2.43. The van der Waals surface area contributed by atoms with Crippen LogP contribution in [0.15, 0.2) is 61.4 Å². The van der Waals surface area contributed by atoms with E-state index < -0.39 is 0 Å². The van der Waals surface area contributed by atoms with E-state index in [1.165, 1.54) is 11.1 Å². The zero-order valence-electron chi connectivity index (χ0n) is 11.0. The molecule has 0 fully saturated rings. The highest BCUT2D eigenvalue weighted by Gasteiger charge is 2.04. The molecule has 0 amide bonds. The number of aromatic nitrogens is 1. The van der Waals surface area contributed by atoms with Crippen LogP contribution in [0.5, 0.6) is 5.75 Å². The van der Waals surface area contributed by atoms with Crippen molar-refractivity contribution < 1.29 is 10.1 Å². The topological polar surface area (TPSA) is 38.7 Å². The van der Waals surface area contributed by atoms with E-state index in [9.17, 15) is 0 Å². The second-order valence-corrected chi connectivity index (χ2v) is 4.27. The molecule has 1 aromatic carbocycles. The Balaban J connectivity index is 1.90. The summed E-state index contributed by atoms with van der Waals surface area (Å²) in [4.78, 5) is 4.11. The van der Waals surface area contributed by atoms with E-state index in [0.717, 1.165) is 18.8 Å². The highest BCUT2D eigenvalue weighted by atomic mass is 16.5. The number of ether oxygens (including phenoxy) is 1. The molecule has 1 aromatic heterocycles. The van der Waals surface area contributed by atoms with Crippen molar-refractivity contribution in [2.24, 2.45) is 0 Å². The molecule has 0 aliphatic heterocycles. The fraction of sp³-hybridized carbons (Fsp3) is 0.188. The van der Waals surface area contributed by atoms with Crippen LogP contribution in [0.1, 0.15) is 11.1 Å². The Kier molecular flexibility index (Phi) is 5.14. The minimum absolute atomic E-state index is 0.541. The van der Waals surface area contributed by atoms with Gasteiger partial charge < -0.3 is 10.1 Å². The maximum atomic E-state index is 5.64. The summed E-state index contributed by atoms with van der Waals surface area (Å²) >= 11 is 0. The third-order valence-corrected chi connectivity index (χ3v) is 2.80. The van der Waals surface area contributed by atoms with E-state index in [4.69, 9.17) is 4.74 Å². The predicted molar refractivity (Wildman–Crippen MR) is 75.7 cm³/mol. The fourth-order valence-electron chi connectivity index (χ4n) is 1.88. The summed E-state index contributed by atoms with van der Waals surface area (Å²) in [5.74, 6) is 0.935. The average molecular weight is 255 g/mol. The van der Waals surface area contributed by atoms with Crippen LogP contribution in [0.4, 0.5) is 0 Å². The second kappa shape index (κ2) is 7.34. The number of quaternary nitrogens is 1. The van der Waals surface area contributed by atoms with Crippen LogP contribution >= 0.6 is 0 Å². The zero-order chi connectivity index (χ0) is 13.3. The SMILES string of the molecule is C=CCOc1ccccc1C[NH2+]Cc1cccnc1. The summed E-state index contributed by atoms with van der Waals surface area (Å²) in [6.45, 7) is 6.02. The summed E-state index contributed by atoms with van der Waals surface area (Å²) < 4.78 is 5.64. The largest absolute Gasteiger partial charge is 0.489 e. The maximum absolute atomic E-state index is 5.64. The summed E-state index contributed by atoms with van der Waals surface area (Å²) in [5, 5.41) is 2.24. The van der Waals surface area contributed by atoms with Crippen molar-refractivity contribution >= 4 is 0 Å². The third kappa shape index (κ3) is 4.23. The first-order chi connectivity index (χ1) is 9.40. The molecule has 3 nitrogen and oxygen atoms in total. The molecule has 0 spiro atoms. The Labute approximate surface area is 114 Å². The van der Waals surface area contributed by atoms with E-state index in [0.29, 0.717) is 6.61 Å². The van der Waals surface area contributed by atoms with Gasteiger partial charge in [-0.1, -0.05) is 30.9 Å². The first kappa shape index (κ1) is 13.3. The second-order valence-electron chi connectivity index (χ2n) is 4.27. The molecule has 0 radical (unpaired) electrons. The molecule has 0 saturated carbocycles. The maximum Gasteiger partial charge on any atom is 0.128 e. The van der Waals surface area contributed by atoms with Crippen molar-refractivity contribution in [3.05, 3.63) is 72.6 Å². The van der Waals surface area contributed by atoms with Crippen molar-refractivity contribution in [3.63, 3.8) is 0 Å². The lowest BCUT2D eigenvalue weighted by Crippen LogP contribution is -2.80. The smallest absolute Gasteiger partial charge is 0.128 e. The monoisotopic (exact) mass is 255 g/mol. The molecule has 2 rings (SSSR count). The fourth-order valence-corrected chi connectivity index (χ4v) is 1.88. The summed E-state index contributed by atoms with van der Waals surface area (Å²) in [7, 11) is 0. The molecule has 0 atom stereocenters. The van der Waals surface area contributed by atoms with Gasteiger partial charge in [0.15, 0.2) is 0 Å². The van der Waals surface area contributed by atoms with Crippen molar-refractivity contribution in [1.29, 1.82) is 0 Å². The minimum atomic E-state index is 0.541. The van der Waals surface area contributed by atoms with Crippen LogP contribution in [0, 0.1) is 0 Å². The number of rotatable bonds is 7. The van der Waals surface area contributed by atoms with Gasteiger partial charge in [-0.15, -0.1) is 0 Å². The van der Waals surface area contributed by atoms with Crippen LogP contribution < -0.4 is 10.1 Å². The number of nitrogens with zero attached hydrogens (tertiary/aromatic N) is 1. The summed E-state index contributed by atoms with van der Waals surface area (Å²) in [6, 6.07) is 12.2. The molecular formula is C16H19N2O+. The van der Waals surface area contributed by atoms with Crippen LogP contribution in [-0.4, -0.2) is 11.6 Å². The van der Waals surface area contributed by atoms with Gasteiger partial charge in [-0.05, 0) is 18.2 Å². The molecular weight excluding hydrogens is 236 g/mol. The lowest BCUT2D eigenvalue weighted by molar-refractivity contribution is -0.686. The number of hydrogen-bond donors (Lipinski definition) is 1. The van der Waals surface area contributed by atoms with Crippen molar-refractivity contribution in [2.75, 3.05) is 6.61 Å². The Bertz CT molecular complexity index is 511. The molecule has 0 bridgehead atoms. The molecule has 98 valence electrons. The third-order valence-electron chi connectivity index (χ3n) is 2.80. The average Bonchev–Trinajstić information content (AvgIpc) is 2.47. The van der Waals surface area contributed by atoms with Crippen LogP contribution in [0.3, 0.4) is 0 Å². The molecule has 2 aromatic rings. The molecule has 19 heavy (non-hydrogen) atoms. The van der Waals surface area contributed by atoms with Gasteiger partial charge in [0, 0.05) is 23.5 Å². The van der Waals surface area contributed by atoms with E-state index in [1.807, 2.05) is 30.5 Å². The highest BCUT2D eigenvalue weighted by Crippen LogP contribution is 2.16. The normalized spacial score (nSPS) is 10.1. The minimum Gasteiger partial charge on any atom is -0.489 e. The van der Waals surface area contributed by atoms with E-state index >= 15 is 0 Å². The first-order valence-electron chi connectivity index (χ1n) is 6.42. The number of benzene rings is 1. The van der Waals surface area contributed by atoms with Gasteiger partial charge in [-0.25, -0.2) is 0 Å². The number of hydrogen-bond acceptors (Lipinski definition) is 2. The van der Waals surface area contributed by atoms with Crippen molar-refractivity contribution in [1.82, 2.24) is 4.98 Å². The predicted octanol–water partition coefficient (Wildman–Crippen LogP) is 1.91. The standard InChI is InChI=1S/C16H18N2O/c1-2-10-19-16-8-4-3-7-15(16)13-18-12-14-6-5-9-17-11-14/h2-9,11,18H,1,10,12-13H2/p+1. The van der Waals surface area contributed by atoms with Crippen LogP contribution in [0.2, 0.25) is 0 Å². The Morgan fingerprint density at radius 3 is 2.84 bits per heavy atom. The molecule has 3 heteroatoms. The Morgan fingerprint density at radius 2 is 2.05 bits per heavy atom. The van der Waals surface area contributed by atoms with Gasteiger partial charge >= 0.3 is 0 Å². The number of pyridine rings is 1. The van der Waals surface area contributed by atoms with Gasteiger partial charge in [-0.3, -0.25) is 4.98 Å². The lowest BCUT2D eigenvalue weighted by Gasteiger charge is -2.09. The molecule has 0 unspecified atom stereocenters. The van der Waals surface area contributed by atoms with Gasteiger partial charge in [-0.2, -0.15) is 0 Å². The molecule has 0 aliphatic carbocycles. The van der Waals surface area contributed by atoms with E-state index in [1.54, 1.807) is 12.3 Å². The van der Waals surface area contributed by atoms with Crippen molar-refractivity contribution in [3.8, 4) is 5.75 Å². The molecule has 0 saturated heterocycles. The lowest BCUT2D eigenvalue weighted by atomic mass is 10.2. The number of para-hydroxylation sites is 1. The Morgan fingerprint density at radius 1 is 1.16 bits per heavy atom. The summed E-state index contributed by atoms with van der Waals surface area (Å²) in [6.07, 6.45) is 5.45. The number of nitrogens with two attached hydrogens (primary N) is 1. The van der Waals surface area contributed by atoms with Gasteiger partial charge in [0.2, 0.25) is 0 Å².